The molecule has 25 heavy (non-hydrogen) atoms. The standard InChI is InChI=1S/C21H38O4/c1-4-5-6-7-8-15-24-20(22)18-11-13-19(14-12-18)21(23)25-16-9-10-17(2)3/h17-19H,4-16H2,1-3H3. The molecule has 1 aliphatic carbocycles. The summed E-state index contributed by atoms with van der Waals surface area (Å²) < 4.78 is 10.8. The summed E-state index contributed by atoms with van der Waals surface area (Å²) in [5, 5.41) is 0. The molecule has 1 fully saturated rings. The Morgan fingerprint density at radius 2 is 1.28 bits per heavy atom. The smallest absolute Gasteiger partial charge is 0.308 e. The Bertz CT molecular complexity index is 370. The van der Waals surface area contributed by atoms with Crippen LogP contribution in [0.5, 0.6) is 0 Å². The zero-order valence-corrected chi connectivity index (χ0v) is 16.6. The molecule has 0 saturated heterocycles. The lowest BCUT2D eigenvalue weighted by Gasteiger charge is -2.26. The number of unbranched alkanes of at least 4 members (excludes halogenated alkanes) is 4. The third-order valence-corrected chi connectivity index (χ3v) is 5.06. The molecule has 1 rings (SSSR count). The van der Waals surface area contributed by atoms with E-state index in [0.717, 1.165) is 51.4 Å². The van der Waals surface area contributed by atoms with Gasteiger partial charge in [-0.1, -0.05) is 46.5 Å². The van der Waals surface area contributed by atoms with Crippen LogP contribution in [-0.2, 0) is 19.1 Å². The van der Waals surface area contributed by atoms with Crippen LogP contribution in [0, 0.1) is 17.8 Å². The summed E-state index contributed by atoms with van der Waals surface area (Å²) in [7, 11) is 0. The molecule has 0 unspecified atom stereocenters. The molecular weight excluding hydrogens is 316 g/mol. The lowest BCUT2D eigenvalue weighted by atomic mass is 9.82. The van der Waals surface area contributed by atoms with Gasteiger partial charge in [-0.3, -0.25) is 9.59 Å². The maximum Gasteiger partial charge on any atom is 0.308 e. The van der Waals surface area contributed by atoms with Crippen LogP contribution < -0.4 is 0 Å². The molecule has 0 N–H and O–H groups in total. The second kappa shape index (κ2) is 13.2. The van der Waals surface area contributed by atoms with Gasteiger partial charge in [0.05, 0.1) is 25.0 Å². The summed E-state index contributed by atoms with van der Waals surface area (Å²) in [6.45, 7) is 7.61. The van der Waals surface area contributed by atoms with Gasteiger partial charge in [0, 0.05) is 0 Å². The molecule has 0 amide bonds. The monoisotopic (exact) mass is 354 g/mol. The zero-order valence-electron chi connectivity index (χ0n) is 16.6. The van der Waals surface area contributed by atoms with Crippen molar-refractivity contribution >= 4 is 11.9 Å². The average Bonchev–Trinajstić information content (AvgIpc) is 2.61. The Morgan fingerprint density at radius 3 is 1.76 bits per heavy atom. The minimum atomic E-state index is -0.0773. The molecule has 1 saturated carbocycles. The van der Waals surface area contributed by atoms with Crippen LogP contribution >= 0.6 is 0 Å². The fourth-order valence-electron chi connectivity index (χ4n) is 3.34. The summed E-state index contributed by atoms with van der Waals surface area (Å²) in [5.74, 6) is 0.440. The van der Waals surface area contributed by atoms with Crippen LogP contribution in [0.2, 0.25) is 0 Å². The van der Waals surface area contributed by atoms with E-state index in [9.17, 15) is 9.59 Å². The maximum absolute atomic E-state index is 12.1. The van der Waals surface area contributed by atoms with Gasteiger partial charge in [0.1, 0.15) is 0 Å². The molecule has 0 aromatic rings. The van der Waals surface area contributed by atoms with Crippen molar-refractivity contribution in [3.63, 3.8) is 0 Å². The largest absolute Gasteiger partial charge is 0.465 e. The van der Waals surface area contributed by atoms with Crippen molar-refractivity contribution in [1.29, 1.82) is 0 Å². The summed E-state index contributed by atoms with van der Waals surface area (Å²) in [6.07, 6.45) is 10.8. The van der Waals surface area contributed by atoms with Crippen LogP contribution in [0.25, 0.3) is 0 Å². The van der Waals surface area contributed by atoms with Crippen molar-refractivity contribution in [2.45, 2.75) is 91.4 Å². The molecule has 0 spiro atoms. The molecule has 4 heteroatoms. The van der Waals surface area contributed by atoms with Gasteiger partial charge in [-0.15, -0.1) is 0 Å². The van der Waals surface area contributed by atoms with Gasteiger partial charge in [0.25, 0.3) is 0 Å². The number of hydrogen-bond donors (Lipinski definition) is 0. The van der Waals surface area contributed by atoms with Gasteiger partial charge in [-0.25, -0.2) is 0 Å². The maximum atomic E-state index is 12.1. The average molecular weight is 355 g/mol. The SMILES string of the molecule is CCCCCCCOC(=O)C1CCC(C(=O)OCCCC(C)C)CC1. The quantitative estimate of drug-likeness (QED) is 0.353. The highest BCUT2D eigenvalue weighted by molar-refractivity contribution is 5.75. The Labute approximate surface area is 154 Å². The molecule has 0 bridgehead atoms. The van der Waals surface area contributed by atoms with Crippen molar-refractivity contribution in [2.75, 3.05) is 13.2 Å². The van der Waals surface area contributed by atoms with Gasteiger partial charge >= 0.3 is 11.9 Å². The minimum Gasteiger partial charge on any atom is -0.465 e. The Hall–Kier alpha value is -1.06. The summed E-state index contributed by atoms with van der Waals surface area (Å²) in [4.78, 5) is 24.2. The molecular formula is C21H38O4. The highest BCUT2D eigenvalue weighted by atomic mass is 16.5. The van der Waals surface area contributed by atoms with E-state index in [1.54, 1.807) is 0 Å². The number of carbonyl (C=O) groups excluding carboxylic acids is 2. The second-order valence-electron chi connectivity index (χ2n) is 7.83. The number of hydrogen-bond acceptors (Lipinski definition) is 4. The first-order valence-electron chi connectivity index (χ1n) is 10.4. The number of rotatable bonds is 12. The van der Waals surface area contributed by atoms with Crippen LogP contribution in [0.15, 0.2) is 0 Å². The van der Waals surface area contributed by atoms with Gasteiger partial charge in [-0.2, -0.15) is 0 Å². The predicted octanol–water partition coefficient (Wildman–Crippen LogP) is 5.29. The van der Waals surface area contributed by atoms with Gasteiger partial charge in [0.2, 0.25) is 0 Å². The third kappa shape index (κ3) is 9.86. The summed E-state index contributed by atoms with van der Waals surface area (Å²) in [5.41, 5.74) is 0. The first kappa shape index (κ1) is 22.0. The van der Waals surface area contributed by atoms with E-state index in [0.29, 0.717) is 19.1 Å². The van der Waals surface area contributed by atoms with E-state index >= 15 is 0 Å². The van der Waals surface area contributed by atoms with Crippen LogP contribution in [0.3, 0.4) is 0 Å². The van der Waals surface area contributed by atoms with E-state index in [4.69, 9.17) is 9.47 Å². The van der Waals surface area contributed by atoms with E-state index in [2.05, 4.69) is 20.8 Å². The van der Waals surface area contributed by atoms with Gasteiger partial charge in [0.15, 0.2) is 0 Å². The molecule has 0 atom stereocenters. The normalized spacial score (nSPS) is 20.5. The van der Waals surface area contributed by atoms with Crippen LogP contribution in [-0.4, -0.2) is 25.2 Å². The Morgan fingerprint density at radius 1 is 0.800 bits per heavy atom. The van der Waals surface area contributed by atoms with E-state index < -0.39 is 0 Å². The van der Waals surface area contributed by atoms with E-state index in [-0.39, 0.29) is 23.8 Å². The first-order valence-corrected chi connectivity index (χ1v) is 10.4. The Balaban J connectivity index is 2.11. The van der Waals surface area contributed by atoms with Gasteiger partial charge < -0.3 is 9.47 Å². The first-order chi connectivity index (χ1) is 12.0. The van der Waals surface area contributed by atoms with Crippen molar-refractivity contribution in [1.82, 2.24) is 0 Å². The van der Waals surface area contributed by atoms with Crippen LogP contribution in [0.1, 0.15) is 91.4 Å². The molecule has 1 aliphatic rings. The molecule has 0 aromatic heterocycles. The fourth-order valence-corrected chi connectivity index (χ4v) is 3.34. The highest BCUT2D eigenvalue weighted by Crippen LogP contribution is 2.30. The second-order valence-corrected chi connectivity index (χ2v) is 7.83. The number of carbonyl (C=O) groups is 2. The molecule has 0 aliphatic heterocycles. The van der Waals surface area contributed by atoms with Crippen molar-refractivity contribution < 1.29 is 19.1 Å². The summed E-state index contributed by atoms with van der Waals surface area (Å²) >= 11 is 0. The topological polar surface area (TPSA) is 52.6 Å². The molecule has 4 nitrogen and oxygen atoms in total. The molecule has 146 valence electrons. The zero-order chi connectivity index (χ0) is 18.5. The van der Waals surface area contributed by atoms with E-state index in [1.165, 1.54) is 19.3 Å². The highest BCUT2D eigenvalue weighted by Gasteiger charge is 2.31. The Kier molecular flexibility index (Phi) is 11.6. The molecule has 0 radical (unpaired) electrons. The number of esters is 2. The molecule has 0 aromatic carbocycles. The lowest BCUT2D eigenvalue weighted by molar-refractivity contribution is -0.155. The van der Waals surface area contributed by atoms with Crippen molar-refractivity contribution in [3.8, 4) is 0 Å². The van der Waals surface area contributed by atoms with Crippen LogP contribution in [0.4, 0.5) is 0 Å². The van der Waals surface area contributed by atoms with E-state index in [1.807, 2.05) is 0 Å². The minimum absolute atomic E-state index is 0.0272. The number of ether oxygens (including phenoxy) is 2. The summed E-state index contributed by atoms with van der Waals surface area (Å²) in [6, 6.07) is 0. The third-order valence-electron chi connectivity index (χ3n) is 5.06. The van der Waals surface area contributed by atoms with Crippen molar-refractivity contribution in [2.24, 2.45) is 17.8 Å². The lowest BCUT2D eigenvalue weighted by Crippen LogP contribution is -2.28. The molecule has 0 heterocycles. The predicted molar refractivity (Wildman–Crippen MR) is 100 cm³/mol. The fraction of sp³-hybridized carbons (Fsp3) is 0.905. The van der Waals surface area contributed by atoms with Crippen molar-refractivity contribution in [3.05, 3.63) is 0 Å². The van der Waals surface area contributed by atoms with Gasteiger partial charge in [-0.05, 0) is 50.9 Å².